The first-order valence-electron chi connectivity index (χ1n) is 9.95. The number of nitrogens with zero attached hydrogens (tertiary/aromatic N) is 1. The Morgan fingerprint density at radius 2 is 1.83 bits per heavy atom. The maximum absolute atomic E-state index is 12.6. The maximum Gasteiger partial charge on any atom is 0.251 e. The number of nitrogens with one attached hydrogen (secondary N) is 1. The van der Waals surface area contributed by atoms with Crippen molar-refractivity contribution in [1.29, 1.82) is 0 Å². The number of carbonyl (C=O) groups is 1. The Balaban J connectivity index is 1.49. The lowest BCUT2D eigenvalue weighted by Crippen LogP contribution is -2.23. The molecule has 0 bridgehead atoms. The topological polar surface area (TPSA) is 76.1 Å². The van der Waals surface area contributed by atoms with Crippen LogP contribution in [0.2, 0.25) is 0 Å². The summed E-state index contributed by atoms with van der Waals surface area (Å²) < 4.78 is 23.8. The molecule has 0 atom stereocenters. The summed E-state index contributed by atoms with van der Waals surface area (Å²) in [4.78, 5) is 17.1. The number of aryl methyl sites for hydroxylation is 1. The van der Waals surface area contributed by atoms with Crippen LogP contribution in [-0.4, -0.2) is 25.6 Å². The number of amides is 1. The third-order valence-electron chi connectivity index (χ3n) is 5.37. The van der Waals surface area contributed by atoms with Gasteiger partial charge in [-0.2, -0.15) is 0 Å². The Hall–Kier alpha value is -2.99. The molecule has 3 aromatic rings. The molecule has 154 valence electrons. The van der Waals surface area contributed by atoms with Crippen molar-refractivity contribution in [2.45, 2.75) is 37.1 Å². The first kappa shape index (κ1) is 20.3. The first-order valence-corrected chi connectivity index (χ1v) is 11.8. The van der Waals surface area contributed by atoms with Gasteiger partial charge in [-0.1, -0.05) is 30.3 Å². The molecular weight excluding hydrogens is 396 g/mol. The first-order chi connectivity index (χ1) is 14.3. The average Bonchev–Trinajstić information content (AvgIpc) is 3.57. The molecule has 0 aliphatic heterocycles. The van der Waals surface area contributed by atoms with Gasteiger partial charge < -0.3 is 5.32 Å². The van der Waals surface area contributed by atoms with E-state index in [1.807, 2.05) is 12.1 Å². The minimum Gasteiger partial charge on any atom is -0.346 e. The van der Waals surface area contributed by atoms with Gasteiger partial charge in [0.1, 0.15) is 0 Å². The van der Waals surface area contributed by atoms with Gasteiger partial charge in [0, 0.05) is 18.0 Å². The lowest BCUT2D eigenvalue weighted by atomic mass is 10.0. The highest BCUT2D eigenvalue weighted by Gasteiger charge is 2.23. The molecule has 0 saturated heterocycles. The summed E-state index contributed by atoms with van der Waals surface area (Å²) in [6.07, 6.45) is 5.41. The van der Waals surface area contributed by atoms with E-state index in [4.69, 9.17) is 0 Å². The molecule has 1 saturated carbocycles. The summed E-state index contributed by atoms with van der Waals surface area (Å²) in [5, 5.41) is 2.84. The lowest BCUT2D eigenvalue weighted by molar-refractivity contribution is 0.0950. The highest BCUT2D eigenvalue weighted by Crippen LogP contribution is 2.41. The van der Waals surface area contributed by atoms with Gasteiger partial charge in [-0.25, -0.2) is 8.42 Å². The van der Waals surface area contributed by atoms with Crippen molar-refractivity contribution in [3.05, 3.63) is 83.2 Å². The molecule has 2 aromatic carbocycles. The molecule has 1 N–H and O–H groups in total. The van der Waals surface area contributed by atoms with E-state index in [2.05, 4.69) is 34.6 Å². The molecule has 1 aliphatic rings. The van der Waals surface area contributed by atoms with Gasteiger partial charge in [0.2, 0.25) is 0 Å². The lowest BCUT2D eigenvalue weighted by Gasteiger charge is -2.10. The van der Waals surface area contributed by atoms with Gasteiger partial charge in [-0.15, -0.1) is 0 Å². The number of pyridine rings is 1. The van der Waals surface area contributed by atoms with Crippen molar-refractivity contribution in [3.63, 3.8) is 0 Å². The Morgan fingerprint density at radius 1 is 1.07 bits per heavy atom. The van der Waals surface area contributed by atoms with Crippen molar-refractivity contribution in [2.75, 3.05) is 6.26 Å². The summed E-state index contributed by atoms with van der Waals surface area (Å²) in [5.41, 5.74) is 5.26. The van der Waals surface area contributed by atoms with Gasteiger partial charge in [-0.3, -0.25) is 9.78 Å². The van der Waals surface area contributed by atoms with Crippen LogP contribution in [-0.2, 0) is 16.4 Å². The van der Waals surface area contributed by atoms with Crippen LogP contribution >= 0.6 is 0 Å². The molecule has 1 aromatic heterocycles. The minimum atomic E-state index is -3.39. The van der Waals surface area contributed by atoms with Gasteiger partial charge in [-0.05, 0) is 72.2 Å². The Morgan fingerprint density at radius 3 is 2.57 bits per heavy atom. The van der Waals surface area contributed by atoms with Crippen LogP contribution < -0.4 is 5.32 Å². The quantitative estimate of drug-likeness (QED) is 0.646. The molecule has 4 rings (SSSR count). The van der Waals surface area contributed by atoms with E-state index in [1.54, 1.807) is 25.3 Å². The van der Waals surface area contributed by atoms with E-state index in [1.165, 1.54) is 24.5 Å². The second-order valence-corrected chi connectivity index (χ2v) is 9.85. The summed E-state index contributed by atoms with van der Waals surface area (Å²) in [6, 6.07) is 17.2. The molecule has 1 aliphatic carbocycles. The third-order valence-corrected chi connectivity index (χ3v) is 6.60. The molecule has 6 heteroatoms. The van der Waals surface area contributed by atoms with Crippen LogP contribution in [0.5, 0.6) is 0 Å². The molecule has 5 nitrogen and oxygen atoms in total. The van der Waals surface area contributed by atoms with Crippen LogP contribution in [0.4, 0.5) is 0 Å². The monoisotopic (exact) mass is 420 g/mol. The van der Waals surface area contributed by atoms with Gasteiger partial charge in [0.05, 0.1) is 17.1 Å². The molecule has 0 spiro atoms. The molecular formula is C24H24N2O3S. The smallest absolute Gasteiger partial charge is 0.251 e. The van der Waals surface area contributed by atoms with Crippen molar-refractivity contribution in [3.8, 4) is 11.1 Å². The number of aromatic nitrogens is 1. The molecule has 1 fully saturated rings. The highest BCUT2D eigenvalue weighted by molar-refractivity contribution is 7.90. The van der Waals surface area contributed by atoms with Crippen LogP contribution in [0.15, 0.2) is 65.7 Å². The van der Waals surface area contributed by atoms with Gasteiger partial charge >= 0.3 is 0 Å². The second-order valence-electron chi connectivity index (χ2n) is 7.87. The Kier molecular flexibility index (Phi) is 5.43. The standard InChI is InChI=1S/C24H24N2O3S/c1-16-6-7-21(14-23(16)30(2,28)29)24(27)26-15-22-13-20(10-11-25-22)19-5-3-4-18(12-19)17-8-9-17/h3-7,10-14,17H,8-9,15H2,1-2H3,(H,26,27). The molecule has 0 unspecified atom stereocenters. The number of rotatable bonds is 6. The molecule has 0 radical (unpaired) electrons. The zero-order valence-electron chi connectivity index (χ0n) is 17.1. The molecule has 1 heterocycles. The summed E-state index contributed by atoms with van der Waals surface area (Å²) in [5.74, 6) is 0.361. The number of hydrogen-bond acceptors (Lipinski definition) is 4. The van der Waals surface area contributed by atoms with Crippen molar-refractivity contribution in [2.24, 2.45) is 0 Å². The van der Waals surface area contributed by atoms with Crippen LogP contribution in [0.1, 0.15) is 45.9 Å². The van der Waals surface area contributed by atoms with E-state index in [-0.39, 0.29) is 17.3 Å². The van der Waals surface area contributed by atoms with Crippen LogP contribution in [0.25, 0.3) is 11.1 Å². The van der Waals surface area contributed by atoms with E-state index in [0.29, 0.717) is 17.0 Å². The maximum atomic E-state index is 12.6. The van der Waals surface area contributed by atoms with E-state index in [0.717, 1.165) is 23.1 Å². The number of carbonyl (C=O) groups excluding carboxylic acids is 1. The van der Waals surface area contributed by atoms with Crippen molar-refractivity contribution in [1.82, 2.24) is 10.3 Å². The Bertz CT molecular complexity index is 1210. The predicted octanol–water partition coefficient (Wildman–Crippen LogP) is 4.27. The highest BCUT2D eigenvalue weighted by atomic mass is 32.2. The molecule has 1 amide bonds. The number of hydrogen-bond donors (Lipinski definition) is 1. The van der Waals surface area contributed by atoms with Gasteiger partial charge in [0.25, 0.3) is 5.91 Å². The van der Waals surface area contributed by atoms with Crippen LogP contribution in [0, 0.1) is 6.92 Å². The number of sulfone groups is 1. The SMILES string of the molecule is Cc1ccc(C(=O)NCc2cc(-c3cccc(C4CC4)c3)ccn2)cc1S(C)(=O)=O. The fourth-order valence-corrected chi connectivity index (χ4v) is 4.55. The third kappa shape index (κ3) is 4.60. The van der Waals surface area contributed by atoms with E-state index >= 15 is 0 Å². The summed E-state index contributed by atoms with van der Waals surface area (Å²) >= 11 is 0. The largest absolute Gasteiger partial charge is 0.346 e. The molecule has 30 heavy (non-hydrogen) atoms. The fraction of sp³-hybridized carbons (Fsp3) is 0.250. The minimum absolute atomic E-state index is 0.172. The van der Waals surface area contributed by atoms with E-state index < -0.39 is 9.84 Å². The average molecular weight is 421 g/mol. The zero-order chi connectivity index (χ0) is 21.3. The van der Waals surface area contributed by atoms with Crippen LogP contribution in [0.3, 0.4) is 0 Å². The van der Waals surface area contributed by atoms with E-state index in [9.17, 15) is 13.2 Å². The predicted molar refractivity (Wildman–Crippen MR) is 117 cm³/mol. The summed E-state index contributed by atoms with van der Waals surface area (Å²) in [6.45, 7) is 1.97. The van der Waals surface area contributed by atoms with Gasteiger partial charge in [0.15, 0.2) is 9.84 Å². The van der Waals surface area contributed by atoms with Crippen molar-refractivity contribution < 1.29 is 13.2 Å². The second kappa shape index (κ2) is 8.03. The Labute approximate surface area is 177 Å². The number of benzene rings is 2. The summed E-state index contributed by atoms with van der Waals surface area (Å²) in [7, 11) is -3.39. The normalized spacial score (nSPS) is 13.8. The fourth-order valence-electron chi connectivity index (χ4n) is 3.56. The van der Waals surface area contributed by atoms with Crippen molar-refractivity contribution >= 4 is 15.7 Å². The zero-order valence-corrected chi connectivity index (χ0v) is 17.9.